The van der Waals surface area contributed by atoms with Crippen molar-refractivity contribution in [3.63, 3.8) is 0 Å². The molecule has 2 N–H and O–H groups in total. The van der Waals surface area contributed by atoms with Gasteiger partial charge in [-0.3, -0.25) is 0 Å². The zero-order chi connectivity index (χ0) is 7.54. The van der Waals surface area contributed by atoms with E-state index in [1.165, 1.54) is 0 Å². The SMILES string of the molecule is CCCO.COCCO.[Zr]. The van der Waals surface area contributed by atoms with Crippen LogP contribution in [0.4, 0.5) is 0 Å². The van der Waals surface area contributed by atoms with Gasteiger partial charge in [0.15, 0.2) is 0 Å². The fourth-order valence-corrected chi connectivity index (χ4v) is 0.0913. The minimum Gasteiger partial charge on any atom is -0.396 e. The van der Waals surface area contributed by atoms with Crippen LogP contribution in [0.5, 0.6) is 0 Å². The molecule has 0 saturated carbocycles. The molecular weight excluding hydrogens is 211 g/mol. The minimum atomic E-state index is 0. The maximum atomic E-state index is 7.94. The average Bonchev–Trinajstić information content (AvgIpc) is 1.91. The summed E-state index contributed by atoms with van der Waals surface area (Å²) in [5, 5.41) is 15.8. The van der Waals surface area contributed by atoms with Crippen molar-refractivity contribution in [2.75, 3.05) is 26.9 Å². The van der Waals surface area contributed by atoms with Crippen molar-refractivity contribution in [1.82, 2.24) is 0 Å². The van der Waals surface area contributed by atoms with Gasteiger partial charge >= 0.3 is 0 Å². The van der Waals surface area contributed by atoms with Crippen LogP contribution in [0.3, 0.4) is 0 Å². The molecule has 3 nitrogen and oxygen atoms in total. The molecule has 0 aliphatic rings. The molecule has 0 atom stereocenters. The summed E-state index contributed by atoms with van der Waals surface area (Å²) in [7, 11) is 1.55. The van der Waals surface area contributed by atoms with Crippen molar-refractivity contribution in [1.29, 1.82) is 0 Å². The van der Waals surface area contributed by atoms with E-state index in [9.17, 15) is 0 Å². The van der Waals surface area contributed by atoms with Crippen LogP contribution in [0.25, 0.3) is 0 Å². The quantitative estimate of drug-likeness (QED) is 0.714. The first-order valence-corrected chi connectivity index (χ1v) is 3.04. The normalized spacial score (nSPS) is 7.20. The molecule has 0 aliphatic carbocycles. The summed E-state index contributed by atoms with van der Waals surface area (Å²) < 4.78 is 4.44. The summed E-state index contributed by atoms with van der Waals surface area (Å²) in [6.45, 7) is 2.82. The summed E-state index contributed by atoms with van der Waals surface area (Å²) in [5.74, 6) is 0. The Morgan fingerprint density at radius 2 is 1.60 bits per heavy atom. The molecule has 0 unspecified atom stereocenters. The Labute approximate surface area is 81.5 Å². The van der Waals surface area contributed by atoms with Crippen LogP contribution in [0.1, 0.15) is 13.3 Å². The summed E-state index contributed by atoms with van der Waals surface area (Å²) in [5.41, 5.74) is 0. The van der Waals surface area contributed by atoms with E-state index in [0.29, 0.717) is 13.2 Å². The van der Waals surface area contributed by atoms with Crippen LogP contribution in [0.15, 0.2) is 0 Å². The number of aliphatic hydroxyl groups is 2. The molecule has 0 aromatic heterocycles. The molecule has 0 fully saturated rings. The zero-order valence-electron chi connectivity index (χ0n) is 6.63. The average molecular weight is 227 g/mol. The van der Waals surface area contributed by atoms with Gasteiger partial charge in [0, 0.05) is 39.9 Å². The topological polar surface area (TPSA) is 49.7 Å². The third kappa shape index (κ3) is 37.3. The third-order valence-corrected chi connectivity index (χ3v) is 0.519. The van der Waals surface area contributed by atoms with E-state index in [4.69, 9.17) is 10.2 Å². The fraction of sp³-hybridized carbons (Fsp3) is 1.00. The number of hydrogen-bond donors (Lipinski definition) is 2. The molecule has 0 amide bonds. The second-order valence-corrected chi connectivity index (χ2v) is 1.44. The van der Waals surface area contributed by atoms with Gasteiger partial charge in [-0.05, 0) is 6.42 Å². The van der Waals surface area contributed by atoms with Crippen molar-refractivity contribution in [3.05, 3.63) is 0 Å². The van der Waals surface area contributed by atoms with Gasteiger partial charge in [0.2, 0.25) is 0 Å². The van der Waals surface area contributed by atoms with Gasteiger partial charge in [-0.2, -0.15) is 0 Å². The van der Waals surface area contributed by atoms with E-state index in [0.717, 1.165) is 6.42 Å². The molecule has 62 valence electrons. The van der Waals surface area contributed by atoms with E-state index in [2.05, 4.69) is 4.74 Å². The second-order valence-electron chi connectivity index (χ2n) is 1.44. The van der Waals surface area contributed by atoms with E-state index >= 15 is 0 Å². The summed E-state index contributed by atoms with van der Waals surface area (Å²) in [4.78, 5) is 0. The Morgan fingerprint density at radius 3 is 1.60 bits per heavy atom. The Kier molecular flexibility index (Phi) is 38.4. The molecule has 10 heavy (non-hydrogen) atoms. The molecule has 0 bridgehead atoms. The van der Waals surface area contributed by atoms with E-state index in [1.807, 2.05) is 6.92 Å². The molecule has 4 heteroatoms. The van der Waals surface area contributed by atoms with Crippen LogP contribution in [-0.2, 0) is 30.9 Å². The predicted octanol–water partition coefficient (Wildman–Crippen LogP) is 0.0113. The van der Waals surface area contributed by atoms with Gasteiger partial charge in [-0.25, -0.2) is 0 Å². The Balaban J connectivity index is -0.0000000910. The molecule has 0 aromatic rings. The van der Waals surface area contributed by atoms with E-state index < -0.39 is 0 Å². The van der Waals surface area contributed by atoms with Gasteiger partial charge in [0.25, 0.3) is 0 Å². The van der Waals surface area contributed by atoms with Gasteiger partial charge in [-0.1, -0.05) is 6.92 Å². The molecule has 0 spiro atoms. The largest absolute Gasteiger partial charge is 0.396 e. The number of hydrogen-bond acceptors (Lipinski definition) is 3. The predicted molar refractivity (Wildman–Crippen MR) is 36.3 cm³/mol. The first-order valence-electron chi connectivity index (χ1n) is 3.04. The molecule has 0 radical (unpaired) electrons. The van der Waals surface area contributed by atoms with Gasteiger partial charge in [0.05, 0.1) is 13.2 Å². The van der Waals surface area contributed by atoms with Crippen LogP contribution >= 0.6 is 0 Å². The second kappa shape index (κ2) is 22.6. The van der Waals surface area contributed by atoms with E-state index in [-0.39, 0.29) is 32.8 Å². The number of methoxy groups -OCH3 is 1. The van der Waals surface area contributed by atoms with Gasteiger partial charge in [-0.15, -0.1) is 0 Å². The molecule has 0 aromatic carbocycles. The van der Waals surface area contributed by atoms with Gasteiger partial charge in [0.1, 0.15) is 0 Å². The van der Waals surface area contributed by atoms with Crippen LogP contribution in [0, 0.1) is 0 Å². The maximum Gasteiger partial charge on any atom is 0.0693 e. The maximum absolute atomic E-state index is 7.94. The summed E-state index contributed by atoms with van der Waals surface area (Å²) in [6.07, 6.45) is 0.875. The molecular formula is C6H16O3Zr. The molecule has 0 aliphatic heterocycles. The summed E-state index contributed by atoms with van der Waals surface area (Å²) in [6, 6.07) is 0. The molecule has 0 saturated heterocycles. The van der Waals surface area contributed by atoms with Crippen LogP contribution < -0.4 is 0 Å². The van der Waals surface area contributed by atoms with Gasteiger partial charge < -0.3 is 14.9 Å². The minimum absolute atomic E-state index is 0. The monoisotopic (exact) mass is 226 g/mol. The fourth-order valence-electron chi connectivity index (χ4n) is 0.0913. The summed E-state index contributed by atoms with van der Waals surface area (Å²) >= 11 is 0. The van der Waals surface area contributed by atoms with Crippen LogP contribution in [0.2, 0.25) is 0 Å². The molecule has 0 heterocycles. The Hall–Kier alpha value is 0.763. The number of rotatable bonds is 3. The number of aliphatic hydroxyl groups excluding tert-OH is 2. The van der Waals surface area contributed by atoms with Crippen LogP contribution in [-0.4, -0.2) is 37.1 Å². The smallest absolute Gasteiger partial charge is 0.0693 e. The first kappa shape index (κ1) is 17.0. The van der Waals surface area contributed by atoms with Crippen molar-refractivity contribution in [2.45, 2.75) is 13.3 Å². The number of ether oxygens (including phenoxy) is 1. The first-order chi connectivity index (χ1) is 4.33. The Bertz CT molecular complexity index is 32.2. The standard InChI is InChI=1S/C3H8O2.C3H8O.Zr/c1-5-3-2-4;1-2-3-4;/h4H,2-3H2,1H3;4H,2-3H2,1H3;. The van der Waals surface area contributed by atoms with Crippen molar-refractivity contribution < 1.29 is 41.2 Å². The Morgan fingerprint density at radius 1 is 1.20 bits per heavy atom. The zero-order valence-corrected chi connectivity index (χ0v) is 9.09. The third-order valence-electron chi connectivity index (χ3n) is 0.519. The van der Waals surface area contributed by atoms with Crippen molar-refractivity contribution in [3.8, 4) is 0 Å². The van der Waals surface area contributed by atoms with Crippen molar-refractivity contribution in [2.24, 2.45) is 0 Å². The van der Waals surface area contributed by atoms with Crippen molar-refractivity contribution >= 4 is 0 Å². The van der Waals surface area contributed by atoms with E-state index in [1.54, 1.807) is 7.11 Å². The molecule has 0 rings (SSSR count).